The van der Waals surface area contributed by atoms with Gasteiger partial charge in [0.25, 0.3) is 0 Å². The summed E-state index contributed by atoms with van der Waals surface area (Å²) >= 11 is 0. The molecular weight excluding hydrogens is 296 g/mol. The standard InChI is InChI=1S/C16H24N4O3/c1-11-12(6-18-15(19-11)22-3)7-20-8-13-9-23-5-4-16(13,10-20)14(21)17-2/h6,13H,4-5,7-10H2,1-3H3,(H,17,21). The number of carbonyl (C=O) groups excluding carboxylic acids is 1. The van der Waals surface area contributed by atoms with Crippen molar-refractivity contribution in [2.45, 2.75) is 19.9 Å². The molecule has 1 N–H and O–H groups in total. The fourth-order valence-corrected chi connectivity index (χ4v) is 3.76. The number of methoxy groups -OCH3 is 1. The Labute approximate surface area is 136 Å². The maximum absolute atomic E-state index is 12.5. The van der Waals surface area contributed by atoms with E-state index in [1.807, 2.05) is 13.1 Å². The van der Waals surface area contributed by atoms with E-state index in [0.717, 1.165) is 37.3 Å². The molecule has 7 heteroatoms. The molecule has 0 bridgehead atoms. The van der Waals surface area contributed by atoms with Crippen molar-refractivity contribution in [2.24, 2.45) is 11.3 Å². The molecule has 0 saturated carbocycles. The molecule has 0 aliphatic carbocycles. The summed E-state index contributed by atoms with van der Waals surface area (Å²) in [7, 11) is 3.28. The highest BCUT2D eigenvalue weighted by molar-refractivity contribution is 5.83. The lowest BCUT2D eigenvalue weighted by molar-refractivity contribution is -0.138. The first-order valence-electron chi connectivity index (χ1n) is 7.98. The van der Waals surface area contributed by atoms with E-state index in [9.17, 15) is 4.79 Å². The van der Waals surface area contributed by atoms with E-state index in [1.54, 1.807) is 14.2 Å². The van der Waals surface area contributed by atoms with Gasteiger partial charge in [0.15, 0.2) is 0 Å². The Morgan fingerprint density at radius 3 is 3.13 bits per heavy atom. The Hall–Kier alpha value is -1.73. The van der Waals surface area contributed by atoms with Crippen molar-refractivity contribution in [3.05, 3.63) is 17.5 Å². The lowest BCUT2D eigenvalue weighted by atomic mass is 9.73. The van der Waals surface area contributed by atoms with Gasteiger partial charge in [0.1, 0.15) is 0 Å². The Balaban J connectivity index is 1.77. The second-order valence-electron chi connectivity index (χ2n) is 6.39. The smallest absolute Gasteiger partial charge is 0.316 e. The molecule has 2 unspecified atom stereocenters. The van der Waals surface area contributed by atoms with Gasteiger partial charge in [-0.05, 0) is 13.3 Å². The van der Waals surface area contributed by atoms with E-state index >= 15 is 0 Å². The lowest BCUT2D eigenvalue weighted by Gasteiger charge is -2.36. The number of likely N-dealkylation sites (tertiary alicyclic amines) is 1. The lowest BCUT2D eigenvalue weighted by Crippen LogP contribution is -2.49. The largest absolute Gasteiger partial charge is 0.467 e. The summed E-state index contributed by atoms with van der Waals surface area (Å²) in [6.07, 6.45) is 2.60. The summed E-state index contributed by atoms with van der Waals surface area (Å²) in [5.74, 6) is 0.381. The Morgan fingerprint density at radius 1 is 1.61 bits per heavy atom. The monoisotopic (exact) mass is 320 g/mol. The summed E-state index contributed by atoms with van der Waals surface area (Å²) < 4.78 is 10.7. The van der Waals surface area contributed by atoms with Gasteiger partial charge in [-0.2, -0.15) is 0 Å². The Kier molecular flexibility index (Phi) is 4.50. The third kappa shape index (κ3) is 2.90. The fourth-order valence-electron chi connectivity index (χ4n) is 3.76. The average molecular weight is 320 g/mol. The summed E-state index contributed by atoms with van der Waals surface area (Å²) in [5, 5.41) is 2.85. The zero-order chi connectivity index (χ0) is 16.4. The van der Waals surface area contributed by atoms with Gasteiger partial charge >= 0.3 is 6.01 Å². The molecule has 2 aliphatic heterocycles. The van der Waals surface area contributed by atoms with Crippen LogP contribution < -0.4 is 10.1 Å². The normalized spacial score (nSPS) is 27.5. The quantitative estimate of drug-likeness (QED) is 0.864. The molecule has 0 radical (unpaired) electrons. The third-order valence-electron chi connectivity index (χ3n) is 5.09. The van der Waals surface area contributed by atoms with Crippen LogP contribution in [0.1, 0.15) is 17.7 Å². The van der Waals surface area contributed by atoms with Crippen molar-refractivity contribution in [3.8, 4) is 6.01 Å². The molecule has 0 spiro atoms. The molecule has 126 valence electrons. The molecule has 2 fully saturated rings. The van der Waals surface area contributed by atoms with Crippen LogP contribution >= 0.6 is 0 Å². The second-order valence-corrected chi connectivity index (χ2v) is 6.39. The number of hydrogen-bond acceptors (Lipinski definition) is 6. The van der Waals surface area contributed by atoms with Crippen LogP contribution in [0.25, 0.3) is 0 Å². The van der Waals surface area contributed by atoms with Crippen molar-refractivity contribution < 1.29 is 14.3 Å². The number of nitrogens with one attached hydrogen (secondary N) is 1. The zero-order valence-corrected chi connectivity index (χ0v) is 14.0. The first kappa shape index (κ1) is 16.1. The Bertz CT molecular complexity index is 595. The minimum atomic E-state index is -0.325. The SMILES string of the molecule is CNC(=O)C12CCOCC1CN(Cc1cnc(OC)nc1C)C2. The third-order valence-corrected chi connectivity index (χ3v) is 5.09. The molecule has 2 saturated heterocycles. The second kappa shape index (κ2) is 6.41. The highest BCUT2D eigenvalue weighted by atomic mass is 16.5. The molecule has 2 atom stereocenters. The van der Waals surface area contributed by atoms with Gasteiger partial charge in [0.2, 0.25) is 5.91 Å². The minimum absolute atomic E-state index is 0.135. The van der Waals surface area contributed by atoms with E-state index in [0.29, 0.717) is 19.2 Å². The van der Waals surface area contributed by atoms with Gasteiger partial charge in [-0.1, -0.05) is 0 Å². The van der Waals surface area contributed by atoms with Gasteiger partial charge in [0, 0.05) is 56.7 Å². The summed E-state index contributed by atoms with van der Waals surface area (Å²) in [6, 6.07) is 0.386. The van der Waals surface area contributed by atoms with E-state index < -0.39 is 0 Å². The number of amides is 1. The summed E-state index contributed by atoms with van der Waals surface area (Å²) in [5.41, 5.74) is 1.66. The highest BCUT2D eigenvalue weighted by Gasteiger charge is 2.52. The average Bonchev–Trinajstić information content (AvgIpc) is 2.95. The van der Waals surface area contributed by atoms with E-state index in [1.165, 1.54) is 0 Å². The van der Waals surface area contributed by atoms with Gasteiger partial charge in [0.05, 0.1) is 19.1 Å². The van der Waals surface area contributed by atoms with E-state index in [-0.39, 0.29) is 17.2 Å². The number of aromatic nitrogens is 2. The first-order valence-corrected chi connectivity index (χ1v) is 7.98. The zero-order valence-electron chi connectivity index (χ0n) is 14.0. The van der Waals surface area contributed by atoms with Crippen LogP contribution in [0.15, 0.2) is 6.20 Å². The maximum atomic E-state index is 12.5. The molecule has 7 nitrogen and oxygen atoms in total. The molecule has 3 heterocycles. The molecular formula is C16H24N4O3. The molecule has 2 aliphatic rings. The van der Waals surface area contributed by atoms with Crippen molar-refractivity contribution in [2.75, 3.05) is 40.5 Å². The number of rotatable bonds is 4. The van der Waals surface area contributed by atoms with Crippen molar-refractivity contribution in [1.29, 1.82) is 0 Å². The van der Waals surface area contributed by atoms with Crippen molar-refractivity contribution in [3.63, 3.8) is 0 Å². The minimum Gasteiger partial charge on any atom is -0.467 e. The molecule has 23 heavy (non-hydrogen) atoms. The molecule has 0 aromatic carbocycles. The molecule has 3 rings (SSSR count). The van der Waals surface area contributed by atoms with Crippen LogP contribution in [0.4, 0.5) is 0 Å². The van der Waals surface area contributed by atoms with E-state index in [4.69, 9.17) is 9.47 Å². The van der Waals surface area contributed by atoms with Crippen molar-refractivity contribution >= 4 is 5.91 Å². The predicted octanol–water partition coefficient (Wildman–Crippen LogP) is 0.378. The Morgan fingerprint density at radius 2 is 2.43 bits per heavy atom. The first-order chi connectivity index (χ1) is 11.1. The summed E-state index contributed by atoms with van der Waals surface area (Å²) in [4.78, 5) is 23.3. The van der Waals surface area contributed by atoms with Crippen LogP contribution in [0.2, 0.25) is 0 Å². The van der Waals surface area contributed by atoms with Gasteiger partial charge in [-0.25, -0.2) is 9.97 Å². The van der Waals surface area contributed by atoms with Crippen LogP contribution in [0, 0.1) is 18.3 Å². The van der Waals surface area contributed by atoms with Crippen LogP contribution in [-0.2, 0) is 16.1 Å². The predicted molar refractivity (Wildman–Crippen MR) is 84.0 cm³/mol. The molecule has 1 aromatic heterocycles. The number of aryl methyl sites for hydroxylation is 1. The van der Waals surface area contributed by atoms with Gasteiger partial charge < -0.3 is 14.8 Å². The van der Waals surface area contributed by atoms with Gasteiger partial charge in [-0.15, -0.1) is 0 Å². The number of hydrogen-bond donors (Lipinski definition) is 1. The van der Waals surface area contributed by atoms with Gasteiger partial charge in [-0.3, -0.25) is 9.69 Å². The maximum Gasteiger partial charge on any atom is 0.316 e. The van der Waals surface area contributed by atoms with Crippen LogP contribution in [0.5, 0.6) is 6.01 Å². The number of fused-ring (bicyclic) bond motifs is 1. The molecule has 1 aromatic rings. The fraction of sp³-hybridized carbons (Fsp3) is 0.688. The van der Waals surface area contributed by atoms with Crippen molar-refractivity contribution in [1.82, 2.24) is 20.2 Å². The van der Waals surface area contributed by atoms with Crippen LogP contribution in [0.3, 0.4) is 0 Å². The van der Waals surface area contributed by atoms with Crippen LogP contribution in [-0.4, -0.2) is 61.2 Å². The number of nitrogens with zero attached hydrogens (tertiary/aromatic N) is 3. The topological polar surface area (TPSA) is 76.6 Å². The molecule has 1 amide bonds. The van der Waals surface area contributed by atoms with E-state index in [2.05, 4.69) is 20.2 Å². The summed E-state index contributed by atoms with van der Waals surface area (Å²) in [6.45, 7) is 5.63. The number of carbonyl (C=O) groups is 1. The number of ether oxygens (including phenoxy) is 2. The highest BCUT2D eigenvalue weighted by Crippen LogP contribution is 2.42.